The summed E-state index contributed by atoms with van der Waals surface area (Å²) in [5.41, 5.74) is 0. The molecule has 100 valence electrons. The lowest BCUT2D eigenvalue weighted by molar-refractivity contribution is -0.137. The van der Waals surface area contributed by atoms with Gasteiger partial charge in [0.1, 0.15) is 0 Å². The molecule has 0 N–H and O–H groups in total. The molecule has 1 atom stereocenters. The second-order valence-corrected chi connectivity index (χ2v) is 4.98. The summed E-state index contributed by atoms with van der Waals surface area (Å²) in [4.78, 5) is 26.8. The van der Waals surface area contributed by atoms with E-state index in [9.17, 15) is 9.59 Å². The largest absolute Gasteiger partial charge is 0.344 e. The average molecular weight is 242 g/mol. The Balaban J connectivity index is 4.12. The van der Waals surface area contributed by atoms with Gasteiger partial charge in [-0.05, 0) is 6.42 Å². The molecule has 0 aliphatic carbocycles. The van der Waals surface area contributed by atoms with E-state index in [0.29, 0.717) is 13.1 Å². The summed E-state index contributed by atoms with van der Waals surface area (Å²) in [6, 6.07) is 0. The Hall–Kier alpha value is -1.06. The van der Waals surface area contributed by atoms with Gasteiger partial charge in [0.2, 0.25) is 11.8 Å². The maximum Gasteiger partial charge on any atom is 0.225 e. The van der Waals surface area contributed by atoms with Crippen LogP contribution in [0.3, 0.4) is 0 Å². The second kappa shape index (κ2) is 7.30. The van der Waals surface area contributed by atoms with Gasteiger partial charge in [0.25, 0.3) is 0 Å². The van der Waals surface area contributed by atoms with E-state index in [0.717, 1.165) is 6.42 Å². The molecule has 4 heteroatoms. The van der Waals surface area contributed by atoms with Crippen LogP contribution in [0.1, 0.15) is 34.1 Å². The van der Waals surface area contributed by atoms with Crippen LogP contribution in [0.25, 0.3) is 0 Å². The number of carbonyl (C=O) groups excluding carboxylic acids is 2. The van der Waals surface area contributed by atoms with Gasteiger partial charge in [-0.3, -0.25) is 9.59 Å². The molecule has 0 aliphatic heterocycles. The smallest absolute Gasteiger partial charge is 0.225 e. The van der Waals surface area contributed by atoms with Crippen molar-refractivity contribution in [2.75, 3.05) is 27.2 Å². The molecule has 0 heterocycles. The molecule has 0 saturated heterocycles. The molecule has 4 nitrogen and oxygen atoms in total. The van der Waals surface area contributed by atoms with Crippen molar-refractivity contribution in [3.8, 4) is 0 Å². The summed E-state index contributed by atoms with van der Waals surface area (Å²) >= 11 is 0. The van der Waals surface area contributed by atoms with Gasteiger partial charge in [-0.2, -0.15) is 0 Å². The van der Waals surface area contributed by atoms with Crippen LogP contribution >= 0.6 is 0 Å². The fourth-order valence-corrected chi connectivity index (χ4v) is 1.51. The van der Waals surface area contributed by atoms with Gasteiger partial charge >= 0.3 is 0 Å². The molecule has 0 aromatic carbocycles. The summed E-state index contributed by atoms with van der Waals surface area (Å²) in [5.74, 6) is 0.342. The number of amides is 2. The van der Waals surface area contributed by atoms with Gasteiger partial charge in [-0.25, -0.2) is 0 Å². The number of carbonyl (C=O) groups is 2. The molecule has 17 heavy (non-hydrogen) atoms. The van der Waals surface area contributed by atoms with Gasteiger partial charge in [-0.15, -0.1) is 0 Å². The van der Waals surface area contributed by atoms with Gasteiger partial charge in [0.05, 0.1) is 0 Å². The molecule has 0 bridgehead atoms. The lowest BCUT2D eigenvalue weighted by Crippen LogP contribution is -2.40. The quantitative estimate of drug-likeness (QED) is 0.710. The van der Waals surface area contributed by atoms with Crippen molar-refractivity contribution in [1.82, 2.24) is 9.80 Å². The van der Waals surface area contributed by atoms with Gasteiger partial charge < -0.3 is 9.80 Å². The monoisotopic (exact) mass is 242 g/mol. The summed E-state index contributed by atoms with van der Waals surface area (Å²) in [6.07, 6.45) is 0.851. The molecule has 0 spiro atoms. The van der Waals surface area contributed by atoms with Crippen molar-refractivity contribution in [3.05, 3.63) is 0 Å². The van der Waals surface area contributed by atoms with E-state index in [-0.39, 0.29) is 23.7 Å². The fraction of sp³-hybridized carbons (Fsp3) is 0.846. The van der Waals surface area contributed by atoms with E-state index in [1.54, 1.807) is 23.9 Å². The maximum absolute atomic E-state index is 11.8. The lowest BCUT2D eigenvalue weighted by Gasteiger charge is -2.25. The van der Waals surface area contributed by atoms with Crippen molar-refractivity contribution in [2.45, 2.75) is 34.1 Å². The first kappa shape index (κ1) is 15.9. The predicted octanol–water partition coefficient (Wildman–Crippen LogP) is 1.61. The summed E-state index contributed by atoms with van der Waals surface area (Å²) in [5, 5.41) is 0. The zero-order chi connectivity index (χ0) is 13.6. The molecule has 1 unspecified atom stereocenters. The minimum Gasteiger partial charge on any atom is -0.344 e. The Morgan fingerprint density at radius 3 is 1.71 bits per heavy atom. The van der Waals surface area contributed by atoms with Crippen molar-refractivity contribution in [2.24, 2.45) is 11.8 Å². The third-order valence-electron chi connectivity index (χ3n) is 3.05. The summed E-state index contributed by atoms with van der Waals surface area (Å²) < 4.78 is 0. The summed E-state index contributed by atoms with van der Waals surface area (Å²) in [7, 11) is 3.58. The Morgan fingerprint density at radius 2 is 1.35 bits per heavy atom. The number of likely N-dealkylation sites (N-methyl/N-ethyl adjacent to an activating group) is 2. The van der Waals surface area contributed by atoms with Gasteiger partial charge in [-0.1, -0.05) is 27.7 Å². The fourth-order valence-electron chi connectivity index (χ4n) is 1.51. The standard InChI is InChI=1S/C13H26N2O2/c1-7-11(4)13(17)15(6)9-8-14(5)12(16)10(2)3/h10-11H,7-9H2,1-6H3. The van der Waals surface area contributed by atoms with E-state index in [4.69, 9.17) is 0 Å². The molecule has 0 aliphatic rings. The first-order valence-electron chi connectivity index (χ1n) is 6.31. The van der Waals surface area contributed by atoms with Crippen molar-refractivity contribution in [1.29, 1.82) is 0 Å². The molecular weight excluding hydrogens is 216 g/mol. The molecule has 0 rings (SSSR count). The number of hydrogen-bond donors (Lipinski definition) is 0. The van der Waals surface area contributed by atoms with E-state index < -0.39 is 0 Å². The van der Waals surface area contributed by atoms with Gasteiger partial charge in [0, 0.05) is 39.0 Å². The number of nitrogens with zero attached hydrogens (tertiary/aromatic N) is 2. The zero-order valence-electron chi connectivity index (χ0n) is 12.0. The van der Waals surface area contributed by atoms with E-state index >= 15 is 0 Å². The number of hydrogen-bond acceptors (Lipinski definition) is 2. The van der Waals surface area contributed by atoms with Crippen LogP contribution in [-0.4, -0.2) is 48.8 Å². The van der Waals surface area contributed by atoms with E-state index in [1.165, 1.54) is 0 Å². The minimum absolute atomic E-state index is 0.00979. The Bertz CT molecular complexity index is 264. The SMILES string of the molecule is CCC(C)C(=O)N(C)CCN(C)C(=O)C(C)C. The van der Waals surface area contributed by atoms with Crippen molar-refractivity contribution in [3.63, 3.8) is 0 Å². The molecule has 0 aromatic heterocycles. The molecular formula is C13H26N2O2. The topological polar surface area (TPSA) is 40.6 Å². The van der Waals surface area contributed by atoms with Crippen LogP contribution in [0, 0.1) is 11.8 Å². The first-order chi connectivity index (χ1) is 7.81. The second-order valence-electron chi connectivity index (χ2n) is 4.98. The third kappa shape index (κ3) is 5.20. The summed E-state index contributed by atoms with van der Waals surface area (Å²) in [6.45, 7) is 8.89. The van der Waals surface area contributed by atoms with Crippen LogP contribution in [-0.2, 0) is 9.59 Å². The van der Waals surface area contributed by atoms with Crippen LogP contribution in [0.5, 0.6) is 0 Å². The highest BCUT2D eigenvalue weighted by Gasteiger charge is 2.17. The highest BCUT2D eigenvalue weighted by Crippen LogP contribution is 2.05. The molecule has 0 aromatic rings. The normalized spacial score (nSPS) is 12.4. The third-order valence-corrected chi connectivity index (χ3v) is 3.05. The van der Waals surface area contributed by atoms with Crippen LogP contribution in [0.4, 0.5) is 0 Å². The van der Waals surface area contributed by atoms with Crippen LogP contribution in [0.2, 0.25) is 0 Å². The van der Waals surface area contributed by atoms with E-state index in [1.807, 2.05) is 27.7 Å². The predicted molar refractivity (Wildman–Crippen MR) is 69.6 cm³/mol. The van der Waals surface area contributed by atoms with Crippen LogP contribution < -0.4 is 0 Å². The van der Waals surface area contributed by atoms with E-state index in [2.05, 4.69) is 0 Å². The number of rotatable bonds is 6. The highest BCUT2D eigenvalue weighted by molar-refractivity contribution is 5.79. The Labute approximate surface area is 105 Å². The maximum atomic E-state index is 11.8. The van der Waals surface area contributed by atoms with Gasteiger partial charge in [0.15, 0.2) is 0 Å². The molecule has 0 radical (unpaired) electrons. The molecule has 0 saturated carbocycles. The minimum atomic E-state index is 0.00979. The highest BCUT2D eigenvalue weighted by atomic mass is 16.2. The Kier molecular flexibility index (Phi) is 6.85. The van der Waals surface area contributed by atoms with Crippen molar-refractivity contribution >= 4 is 11.8 Å². The first-order valence-corrected chi connectivity index (χ1v) is 6.31. The molecule has 2 amide bonds. The lowest BCUT2D eigenvalue weighted by atomic mass is 10.1. The van der Waals surface area contributed by atoms with Crippen LogP contribution in [0.15, 0.2) is 0 Å². The zero-order valence-corrected chi connectivity index (χ0v) is 12.0. The van der Waals surface area contributed by atoms with Crippen molar-refractivity contribution < 1.29 is 9.59 Å². The average Bonchev–Trinajstić information content (AvgIpc) is 2.32. The molecule has 0 fully saturated rings. The Morgan fingerprint density at radius 1 is 0.941 bits per heavy atom.